The lowest BCUT2D eigenvalue weighted by Gasteiger charge is -2.34. The Kier molecular flexibility index (Phi) is 8.63. The molecule has 0 amide bonds. The van der Waals surface area contributed by atoms with E-state index < -0.39 is 5.41 Å². The molecule has 3 rings (SSSR count). The number of benzene rings is 2. The van der Waals surface area contributed by atoms with E-state index in [2.05, 4.69) is 48.2 Å². The highest BCUT2D eigenvalue weighted by Crippen LogP contribution is 2.46. The van der Waals surface area contributed by atoms with E-state index in [1.54, 1.807) is 0 Å². The normalized spacial score (nSPS) is 16.5. The average molecular weight is 443 g/mol. The van der Waals surface area contributed by atoms with Crippen molar-refractivity contribution >= 4 is 23.2 Å². The van der Waals surface area contributed by atoms with Crippen molar-refractivity contribution in [1.82, 2.24) is 4.90 Å². The molecule has 4 heteroatoms. The molecule has 1 aliphatic rings. The Balaban J connectivity index is 1.75. The van der Waals surface area contributed by atoms with Gasteiger partial charge in [0, 0.05) is 6.54 Å². The van der Waals surface area contributed by atoms with Crippen molar-refractivity contribution < 1.29 is 0 Å². The molecule has 0 aromatic heterocycles. The average Bonchev–Trinajstić information content (AvgIpc) is 3.30. The summed E-state index contributed by atoms with van der Waals surface area (Å²) in [4.78, 5) is 2.51. The van der Waals surface area contributed by atoms with Gasteiger partial charge in [-0.15, -0.1) is 0 Å². The van der Waals surface area contributed by atoms with Gasteiger partial charge < -0.3 is 0 Å². The maximum atomic E-state index is 10.4. The number of halogens is 2. The van der Waals surface area contributed by atoms with Crippen LogP contribution < -0.4 is 0 Å². The highest BCUT2D eigenvalue weighted by atomic mass is 35.5. The van der Waals surface area contributed by atoms with Gasteiger partial charge in [0.05, 0.1) is 21.5 Å². The van der Waals surface area contributed by atoms with Gasteiger partial charge in [-0.05, 0) is 74.4 Å². The van der Waals surface area contributed by atoms with Crippen molar-refractivity contribution in [2.45, 2.75) is 63.8 Å². The largest absolute Gasteiger partial charge is 0.299 e. The lowest BCUT2D eigenvalue weighted by atomic mass is 9.67. The van der Waals surface area contributed by atoms with Crippen molar-refractivity contribution in [3.63, 3.8) is 0 Å². The summed E-state index contributed by atoms with van der Waals surface area (Å²) >= 11 is 12.5. The van der Waals surface area contributed by atoms with E-state index in [9.17, 15) is 5.26 Å². The van der Waals surface area contributed by atoms with E-state index in [0.29, 0.717) is 16.0 Å². The van der Waals surface area contributed by atoms with Crippen LogP contribution in [0, 0.1) is 17.2 Å². The molecule has 2 aromatic carbocycles. The van der Waals surface area contributed by atoms with Gasteiger partial charge in [0.25, 0.3) is 0 Å². The summed E-state index contributed by atoms with van der Waals surface area (Å²) in [6, 6.07) is 19.2. The van der Waals surface area contributed by atoms with Crippen LogP contribution in [0.2, 0.25) is 10.0 Å². The first-order valence-corrected chi connectivity index (χ1v) is 12.0. The van der Waals surface area contributed by atoms with E-state index in [4.69, 9.17) is 23.2 Å². The van der Waals surface area contributed by atoms with Crippen molar-refractivity contribution in [1.29, 1.82) is 5.26 Å². The van der Waals surface area contributed by atoms with Crippen molar-refractivity contribution in [3.8, 4) is 6.07 Å². The summed E-state index contributed by atoms with van der Waals surface area (Å²) in [5.41, 5.74) is 1.91. The zero-order valence-electron chi connectivity index (χ0n) is 17.9. The first-order valence-electron chi connectivity index (χ1n) is 11.2. The molecule has 2 nitrogen and oxygen atoms in total. The summed E-state index contributed by atoms with van der Waals surface area (Å²) in [6.45, 7) is 5.26. The van der Waals surface area contributed by atoms with Crippen LogP contribution in [-0.2, 0) is 12.0 Å². The lowest BCUT2D eigenvalue weighted by molar-refractivity contribution is 0.238. The zero-order valence-corrected chi connectivity index (χ0v) is 19.4. The van der Waals surface area contributed by atoms with Gasteiger partial charge in [-0.2, -0.15) is 5.26 Å². The van der Waals surface area contributed by atoms with Crippen LogP contribution in [0.4, 0.5) is 0 Å². The Morgan fingerprint density at radius 1 is 1.03 bits per heavy atom. The highest BCUT2D eigenvalue weighted by molar-refractivity contribution is 6.42. The molecular weight excluding hydrogens is 411 g/mol. The molecule has 0 bridgehead atoms. The fraction of sp³-hybridized carbons (Fsp3) is 0.500. The van der Waals surface area contributed by atoms with Crippen LogP contribution in [0.25, 0.3) is 0 Å². The number of hydrogen-bond acceptors (Lipinski definition) is 2. The topological polar surface area (TPSA) is 27.0 Å². The molecule has 0 spiro atoms. The Morgan fingerprint density at radius 3 is 2.40 bits per heavy atom. The summed E-state index contributed by atoms with van der Waals surface area (Å²) in [5.74, 6) is 0.397. The molecule has 0 saturated heterocycles. The van der Waals surface area contributed by atoms with Gasteiger partial charge in [-0.3, -0.25) is 4.90 Å². The molecule has 160 valence electrons. The van der Waals surface area contributed by atoms with E-state index in [0.717, 1.165) is 57.3 Å². The van der Waals surface area contributed by atoms with Gasteiger partial charge in [0.2, 0.25) is 0 Å². The molecule has 0 aliphatic heterocycles. The van der Waals surface area contributed by atoms with E-state index >= 15 is 0 Å². The molecule has 0 radical (unpaired) electrons. The molecule has 0 heterocycles. The molecule has 30 heavy (non-hydrogen) atoms. The van der Waals surface area contributed by atoms with Crippen LogP contribution in [0.3, 0.4) is 0 Å². The van der Waals surface area contributed by atoms with Crippen LogP contribution in [0.5, 0.6) is 0 Å². The third-order valence-electron chi connectivity index (χ3n) is 6.52. The summed E-state index contributed by atoms with van der Waals surface area (Å²) < 4.78 is 0. The van der Waals surface area contributed by atoms with Gasteiger partial charge in [-0.1, -0.05) is 79.4 Å². The van der Waals surface area contributed by atoms with Crippen molar-refractivity contribution in [2.75, 3.05) is 13.1 Å². The summed E-state index contributed by atoms with van der Waals surface area (Å²) in [6.07, 6.45) is 7.66. The first-order chi connectivity index (χ1) is 14.6. The first kappa shape index (κ1) is 23.1. The van der Waals surface area contributed by atoms with Crippen molar-refractivity contribution in [3.05, 3.63) is 69.7 Å². The zero-order chi connectivity index (χ0) is 21.4. The minimum atomic E-state index is -0.477. The van der Waals surface area contributed by atoms with E-state index in [-0.39, 0.29) is 0 Å². The minimum Gasteiger partial charge on any atom is -0.299 e. The van der Waals surface area contributed by atoms with Gasteiger partial charge in [-0.25, -0.2) is 0 Å². The Hall–Kier alpha value is -1.53. The smallest absolute Gasteiger partial charge is 0.0851 e. The molecule has 2 aromatic rings. The Labute approximate surface area is 191 Å². The molecular formula is C26H32Cl2N2. The number of rotatable bonds is 10. The molecule has 1 atom stereocenters. The Morgan fingerprint density at radius 2 is 1.77 bits per heavy atom. The third kappa shape index (κ3) is 5.58. The molecule has 0 N–H and O–H groups in total. The predicted octanol–water partition coefficient (Wildman–Crippen LogP) is 7.64. The van der Waals surface area contributed by atoms with Crippen LogP contribution in [0.15, 0.2) is 48.5 Å². The van der Waals surface area contributed by atoms with E-state index in [1.165, 1.54) is 18.4 Å². The van der Waals surface area contributed by atoms with Gasteiger partial charge >= 0.3 is 0 Å². The second-order valence-electron chi connectivity index (χ2n) is 8.56. The van der Waals surface area contributed by atoms with Gasteiger partial charge in [0.1, 0.15) is 0 Å². The van der Waals surface area contributed by atoms with Crippen molar-refractivity contribution in [2.24, 2.45) is 5.92 Å². The lowest BCUT2D eigenvalue weighted by Crippen LogP contribution is -2.34. The molecule has 1 fully saturated rings. The van der Waals surface area contributed by atoms with E-state index in [1.807, 2.05) is 18.2 Å². The SMILES string of the molecule is CCCN(CCCC(C#N)(c1ccc(Cl)c(Cl)c1)C1CCCC1)Cc1ccccc1. The second-order valence-corrected chi connectivity index (χ2v) is 9.37. The predicted molar refractivity (Wildman–Crippen MR) is 127 cm³/mol. The Bertz CT molecular complexity index is 840. The summed E-state index contributed by atoms with van der Waals surface area (Å²) in [7, 11) is 0. The van der Waals surface area contributed by atoms with Crippen LogP contribution >= 0.6 is 23.2 Å². The number of hydrogen-bond donors (Lipinski definition) is 0. The third-order valence-corrected chi connectivity index (χ3v) is 7.26. The van der Waals surface area contributed by atoms with Gasteiger partial charge in [0.15, 0.2) is 0 Å². The second kappa shape index (κ2) is 11.2. The van der Waals surface area contributed by atoms with Crippen LogP contribution in [0.1, 0.15) is 63.0 Å². The minimum absolute atomic E-state index is 0.397. The fourth-order valence-electron chi connectivity index (χ4n) is 5.00. The number of nitriles is 1. The quantitative estimate of drug-likeness (QED) is 0.377. The molecule has 1 saturated carbocycles. The maximum absolute atomic E-state index is 10.4. The number of nitrogens with zero attached hydrogens (tertiary/aromatic N) is 2. The fourth-order valence-corrected chi connectivity index (χ4v) is 5.30. The monoisotopic (exact) mass is 442 g/mol. The molecule has 1 aliphatic carbocycles. The standard InChI is InChI=1S/C26H32Cl2N2/c1-2-16-30(19-21-9-4-3-5-10-21)17-8-15-26(20-29,22-11-6-7-12-22)23-13-14-24(27)25(28)18-23/h3-5,9-10,13-14,18,22H,2,6-8,11-12,15-17,19H2,1H3. The van der Waals surface area contributed by atoms with Crippen LogP contribution in [-0.4, -0.2) is 18.0 Å². The molecule has 1 unspecified atom stereocenters. The summed E-state index contributed by atoms with van der Waals surface area (Å²) in [5, 5.41) is 11.5. The maximum Gasteiger partial charge on any atom is 0.0851 e. The highest BCUT2D eigenvalue weighted by Gasteiger charge is 2.42.